The molecule has 0 saturated heterocycles. The molecule has 0 aliphatic rings. The van der Waals surface area contributed by atoms with E-state index in [-0.39, 0.29) is 4.21 Å². The lowest BCUT2D eigenvalue weighted by atomic mass is 10.4. The van der Waals surface area contributed by atoms with Crippen molar-refractivity contribution in [3.05, 3.63) is 11.2 Å². The lowest BCUT2D eigenvalue weighted by Crippen LogP contribution is -2.37. The first-order valence-corrected chi connectivity index (χ1v) is 6.86. The largest absolute Gasteiger partial charge is 0.480 e. The molecule has 0 radical (unpaired) electrons. The van der Waals surface area contributed by atoms with Crippen molar-refractivity contribution in [3.8, 4) is 0 Å². The van der Waals surface area contributed by atoms with Crippen molar-refractivity contribution < 1.29 is 18.3 Å². The Hall–Kier alpha value is -0.990. The fraction of sp³-hybridized carbons (Fsp3) is 0.500. The first kappa shape index (κ1) is 13.1. The molecular weight excluding hydrogens is 252 g/mol. The molecule has 0 amide bonds. The molecule has 1 rings (SSSR count). The second-order valence-electron chi connectivity index (χ2n) is 3.11. The summed E-state index contributed by atoms with van der Waals surface area (Å²) in [6, 6.07) is -1.16. The third-order valence-corrected chi connectivity index (χ3v) is 4.95. The van der Waals surface area contributed by atoms with Gasteiger partial charge in [0.05, 0.1) is 11.2 Å². The van der Waals surface area contributed by atoms with E-state index in [1.807, 2.05) is 6.92 Å². The van der Waals surface area contributed by atoms with Crippen LogP contribution in [0.15, 0.2) is 10.4 Å². The molecule has 6 nitrogen and oxygen atoms in total. The lowest BCUT2D eigenvalue weighted by molar-refractivity contribution is -0.138. The number of carbonyl (C=O) groups is 1. The summed E-state index contributed by atoms with van der Waals surface area (Å²) < 4.78 is 25.4. The lowest BCUT2D eigenvalue weighted by Gasteiger charge is -2.07. The van der Waals surface area contributed by atoms with Gasteiger partial charge in [-0.2, -0.15) is 4.72 Å². The first-order chi connectivity index (χ1) is 7.36. The van der Waals surface area contributed by atoms with Crippen molar-refractivity contribution in [1.29, 1.82) is 0 Å². The quantitative estimate of drug-likeness (QED) is 0.805. The Morgan fingerprint density at radius 2 is 2.31 bits per heavy atom. The van der Waals surface area contributed by atoms with Gasteiger partial charge in [-0.05, 0) is 13.3 Å². The van der Waals surface area contributed by atoms with E-state index in [1.54, 1.807) is 0 Å². The second-order valence-corrected chi connectivity index (χ2v) is 6.16. The third kappa shape index (κ3) is 3.00. The highest BCUT2D eigenvalue weighted by Crippen LogP contribution is 2.18. The Balaban J connectivity index is 2.90. The number of hydrogen-bond acceptors (Lipinski definition) is 5. The van der Waals surface area contributed by atoms with Gasteiger partial charge < -0.3 is 5.11 Å². The van der Waals surface area contributed by atoms with Crippen molar-refractivity contribution in [1.82, 2.24) is 9.71 Å². The predicted octanol–water partition coefficient (Wildman–Crippen LogP) is 0.457. The molecule has 0 bridgehead atoms. The van der Waals surface area contributed by atoms with Gasteiger partial charge in [-0.25, -0.2) is 13.4 Å². The van der Waals surface area contributed by atoms with Crippen molar-refractivity contribution in [2.24, 2.45) is 0 Å². The first-order valence-electron chi connectivity index (χ1n) is 4.56. The standard InChI is InChI=1S/C8H12N2O4S2/c1-3-6-9-4-7(15-6)16(13,14)10-5(2)8(11)12/h4-5,10H,3H2,1-2H3,(H,11,12)/t5-/m1/s1. The van der Waals surface area contributed by atoms with Crippen LogP contribution < -0.4 is 4.72 Å². The Bertz CT molecular complexity index is 480. The SMILES string of the molecule is CCc1ncc(S(=O)(=O)N[C@H](C)C(=O)O)s1. The monoisotopic (exact) mass is 264 g/mol. The molecule has 0 aromatic carbocycles. The zero-order chi connectivity index (χ0) is 12.3. The van der Waals surface area contributed by atoms with Crippen LogP contribution >= 0.6 is 11.3 Å². The number of carboxylic acid groups (broad SMARTS) is 1. The molecule has 2 N–H and O–H groups in total. The van der Waals surface area contributed by atoms with Crippen LogP contribution in [0.4, 0.5) is 0 Å². The number of nitrogens with zero attached hydrogens (tertiary/aromatic N) is 1. The molecule has 1 atom stereocenters. The molecule has 90 valence electrons. The number of hydrogen-bond donors (Lipinski definition) is 2. The summed E-state index contributed by atoms with van der Waals surface area (Å²) in [4.78, 5) is 14.4. The van der Waals surface area contributed by atoms with Crippen LogP contribution in [-0.4, -0.2) is 30.5 Å². The number of rotatable bonds is 5. The van der Waals surface area contributed by atoms with E-state index in [4.69, 9.17) is 5.11 Å². The average molecular weight is 264 g/mol. The molecular formula is C8H12N2O4S2. The summed E-state index contributed by atoms with van der Waals surface area (Å²) in [7, 11) is -3.77. The minimum absolute atomic E-state index is 0.0393. The molecule has 0 unspecified atom stereocenters. The molecule has 16 heavy (non-hydrogen) atoms. The van der Waals surface area contributed by atoms with Crippen molar-refractivity contribution in [2.45, 2.75) is 30.5 Å². The van der Waals surface area contributed by atoms with Gasteiger partial charge in [0.15, 0.2) is 4.21 Å². The molecule has 0 saturated carbocycles. The number of nitrogens with one attached hydrogen (secondary N) is 1. The molecule has 1 aromatic heterocycles. The van der Waals surface area contributed by atoms with E-state index in [9.17, 15) is 13.2 Å². The van der Waals surface area contributed by atoms with Crippen LogP contribution in [-0.2, 0) is 21.2 Å². The van der Waals surface area contributed by atoms with Gasteiger partial charge in [0.1, 0.15) is 6.04 Å². The van der Waals surface area contributed by atoms with Crippen LogP contribution in [0.2, 0.25) is 0 Å². The number of aliphatic carboxylic acids is 1. The Kier molecular flexibility index (Phi) is 4.00. The van der Waals surface area contributed by atoms with Crippen LogP contribution in [0.25, 0.3) is 0 Å². The van der Waals surface area contributed by atoms with E-state index in [1.165, 1.54) is 13.1 Å². The minimum Gasteiger partial charge on any atom is -0.480 e. The van der Waals surface area contributed by atoms with Gasteiger partial charge in [-0.15, -0.1) is 11.3 Å². The minimum atomic E-state index is -3.77. The molecule has 1 aromatic rings. The Morgan fingerprint density at radius 1 is 1.69 bits per heavy atom. The smallest absolute Gasteiger partial charge is 0.321 e. The summed E-state index contributed by atoms with van der Waals surface area (Å²) in [5, 5.41) is 9.30. The zero-order valence-corrected chi connectivity index (χ0v) is 10.4. The molecule has 0 fully saturated rings. The van der Waals surface area contributed by atoms with Gasteiger partial charge in [0.2, 0.25) is 0 Å². The summed E-state index contributed by atoms with van der Waals surface area (Å²) in [6.45, 7) is 3.13. The zero-order valence-electron chi connectivity index (χ0n) is 8.80. The van der Waals surface area contributed by atoms with E-state index >= 15 is 0 Å². The molecule has 0 aliphatic carbocycles. The molecule has 1 heterocycles. The number of aromatic nitrogens is 1. The fourth-order valence-electron chi connectivity index (χ4n) is 0.922. The normalized spacial score (nSPS) is 13.6. The van der Waals surface area contributed by atoms with Gasteiger partial charge in [-0.3, -0.25) is 4.79 Å². The van der Waals surface area contributed by atoms with Gasteiger partial charge in [0, 0.05) is 0 Å². The third-order valence-electron chi connectivity index (χ3n) is 1.80. The van der Waals surface area contributed by atoms with Crippen LogP contribution in [0.5, 0.6) is 0 Å². The second kappa shape index (κ2) is 4.89. The average Bonchev–Trinajstić information content (AvgIpc) is 2.65. The summed E-state index contributed by atoms with van der Waals surface area (Å²) in [6.07, 6.45) is 1.88. The molecule has 0 aliphatic heterocycles. The highest BCUT2D eigenvalue weighted by molar-refractivity contribution is 7.91. The van der Waals surface area contributed by atoms with Gasteiger partial charge in [0.25, 0.3) is 10.0 Å². The summed E-state index contributed by atoms with van der Waals surface area (Å²) >= 11 is 1.04. The van der Waals surface area contributed by atoms with Gasteiger partial charge in [-0.1, -0.05) is 6.92 Å². The van der Waals surface area contributed by atoms with Crippen molar-refractivity contribution in [2.75, 3.05) is 0 Å². The Morgan fingerprint density at radius 3 is 2.75 bits per heavy atom. The van der Waals surface area contributed by atoms with Crippen molar-refractivity contribution >= 4 is 27.3 Å². The van der Waals surface area contributed by atoms with E-state index in [0.29, 0.717) is 11.4 Å². The highest BCUT2D eigenvalue weighted by atomic mass is 32.2. The molecule has 0 spiro atoms. The predicted molar refractivity (Wildman–Crippen MR) is 58.9 cm³/mol. The fourth-order valence-corrected chi connectivity index (χ4v) is 3.26. The summed E-state index contributed by atoms with van der Waals surface area (Å²) in [5.41, 5.74) is 0. The number of sulfonamides is 1. The Labute approximate surface area is 97.4 Å². The topological polar surface area (TPSA) is 96.4 Å². The van der Waals surface area contributed by atoms with E-state index in [0.717, 1.165) is 11.3 Å². The van der Waals surface area contributed by atoms with E-state index < -0.39 is 22.0 Å². The van der Waals surface area contributed by atoms with Crippen LogP contribution in [0.3, 0.4) is 0 Å². The maximum absolute atomic E-state index is 11.7. The number of carboxylic acids is 1. The number of aryl methyl sites for hydroxylation is 1. The van der Waals surface area contributed by atoms with Gasteiger partial charge >= 0.3 is 5.97 Å². The maximum atomic E-state index is 11.7. The summed E-state index contributed by atoms with van der Waals surface area (Å²) in [5.74, 6) is -1.22. The number of thiazole rings is 1. The molecule has 8 heteroatoms. The van der Waals surface area contributed by atoms with Crippen molar-refractivity contribution in [3.63, 3.8) is 0 Å². The van der Waals surface area contributed by atoms with Crippen LogP contribution in [0, 0.1) is 0 Å². The van der Waals surface area contributed by atoms with E-state index in [2.05, 4.69) is 9.71 Å². The van der Waals surface area contributed by atoms with Crippen LogP contribution in [0.1, 0.15) is 18.9 Å². The highest BCUT2D eigenvalue weighted by Gasteiger charge is 2.23. The maximum Gasteiger partial charge on any atom is 0.321 e.